The molecule has 8 nitrogen and oxygen atoms in total. The lowest BCUT2D eigenvalue weighted by Crippen LogP contribution is -2.14. The Balaban J connectivity index is 1.80. The third-order valence-electron chi connectivity index (χ3n) is 3.75. The number of esters is 1. The van der Waals surface area contributed by atoms with Gasteiger partial charge in [-0.1, -0.05) is 0 Å². The van der Waals surface area contributed by atoms with Crippen LogP contribution in [0, 0.1) is 18.6 Å². The summed E-state index contributed by atoms with van der Waals surface area (Å²) in [6, 6.07) is 3.06. The number of hydrogen-bond acceptors (Lipinski definition) is 8. The molecule has 0 spiro atoms. The van der Waals surface area contributed by atoms with Crippen molar-refractivity contribution in [3.63, 3.8) is 0 Å². The quantitative estimate of drug-likeness (QED) is 0.453. The number of carbonyl (C=O) groups excluding carboxylic acids is 2. The van der Waals surface area contributed by atoms with Crippen molar-refractivity contribution in [2.75, 3.05) is 17.7 Å². The summed E-state index contributed by atoms with van der Waals surface area (Å²) in [4.78, 5) is 32.2. The molecule has 154 valence electrons. The summed E-state index contributed by atoms with van der Waals surface area (Å²) >= 11 is 1.03. The van der Waals surface area contributed by atoms with Crippen molar-refractivity contribution >= 4 is 46.0 Å². The number of hydrogen-bond donors (Lipinski definition) is 2. The number of rotatable bonds is 6. The number of nitrogens with zero attached hydrogens (tertiary/aromatic N) is 3. The van der Waals surface area contributed by atoms with E-state index < -0.39 is 23.5 Å². The van der Waals surface area contributed by atoms with Gasteiger partial charge in [-0.25, -0.2) is 18.6 Å². The van der Waals surface area contributed by atoms with E-state index in [2.05, 4.69) is 29.7 Å². The Hall–Kier alpha value is -3.73. The second-order valence-electron chi connectivity index (χ2n) is 5.87. The number of carbonyl (C=O) groups is 2. The molecule has 2 N–H and O–H groups in total. The van der Waals surface area contributed by atoms with Crippen LogP contribution in [0.15, 0.2) is 36.7 Å². The zero-order valence-electron chi connectivity index (χ0n) is 15.8. The van der Waals surface area contributed by atoms with Crippen LogP contribution in [0.1, 0.15) is 21.7 Å². The maximum Gasteiger partial charge on any atom is 0.330 e. The summed E-state index contributed by atoms with van der Waals surface area (Å²) in [5.74, 6) is -2.86. The Kier molecular flexibility index (Phi) is 6.42. The van der Waals surface area contributed by atoms with Crippen LogP contribution in [-0.4, -0.2) is 33.3 Å². The number of aromatic nitrogens is 3. The summed E-state index contributed by atoms with van der Waals surface area (Å²) in [5, 5.41) is 5.86. The molecule has 0 fully saturated rings. The molecule has 2 aromatic heterocycles. The first-order valence-electron chi connectivity index (χ1n) is 8.45. The molecule has 30 heavy (non-hydrogen) atoms. The maximum absolute atomic E-state index is 13.4. The van der Waals surface area contributed by atoms with Crippen LogP contribution in [-0.2, 0) is 9.53 Å². The Morgan fingerprint density at radius 3 is 2.73 bits per heavy atom. The molecule has 0 saturated carbocycles. The van der Waals surface area contributed by atoms with Gasteiger partial charge < -0.3 is 15.4 Å². The Bertz CT molecular complexity index is 1130. The molecule has 1 aromatic carbocycles. The molecule has 11 heteroatoms. The van der Waals surface area contributed by atoms with Crippen molar-refractivity contribution in [1.82, 2.24) is 14.3 Å². The lowest BCUT2D eigenvalue weighted by atomic mass is 10.2. The number of halogens is 2. The van der Waals surface area contributed by atoms with E-state index in [4.69, 9.17) is 0 Å². The molecule has 0 radical (unpaired) electrons. The highest BCUT2D eigenvalue weighted by Crippen LogP contribution is 2.28. The standard InChI is InChI=1S/C19H15F2N5O3S/c1-10-17(18(28)24-11-3-5-13(20)14(21)7-11)19(30-26-10)25-15-9-22-8-12(23-15)4-6-16(27)29-2/h3-9H,1-2H3,(H,23,25)(H,24,28). The zero-order valence-corrected chi connectivity index (χ0v) is 16.6. The first kappa shape index (κ1) is 21.0. The third kappa shape index (κ3) is 5.00. The highest BCUT2D eigenvalue weighted by Gasteiger charge is 2.20. The monoisotopic (exact) mass is 431 g/mol. The van der Waals surface area contributed by atoms with Crippen molar-refractivity contribution in [1.29, 1.82) is 0 Å². The molecule has 1 amide bonds. The van der Waals surface area contributed by atoms with Crippen LogP contribution in [0.5, 0.6) is 0 Å². The van der Waals surface area contributed by atoms with Crippen molar-refractivity contribution < 1.29 is 23.1 Å². The average molecular weight is 431 g/mol. The molecule has 0 aliphatic carbocycles. The lowest BCUT2D eigenvalue weighted by molar-refractivity contribution is -0.134. The van der Waals surface area contributed by atoms with Crippen LogP contribution in [0.4, 0.5) is 25.3 Å². The number of aryl methyl sites for hydroxylation is 1. The van der Waals surface area contributed by atoms with Gasteiger partial charge in [0.25, 0.3) is 5.91 Å². The molecule has 3 aromatic rings. The second-order valence-corrected chi connectivity index (χ2v) is 6.64. The van der Waals surface area contributed by atoms with Gasteiger partial charge >= 0.3 is 5.97 Å². The number of benzene rings is 1. The van der Waals surface area contributed by atoms with Crippen LogP contribution in [0.3, 0.4) is 0 Å². The van der Waals surface area contributed by atoms with Crippen molar-refractivity contribution in [2.24, 2.45) is 0 Å². The Morgan fingerprint density at radius 2 is 2.00 bits per heavy atom. The Labute approximate surface area is 173 Å². The molecule has 0 saturated heterocycles. The maximum atomic E-state index is 13.4. The van der Waals surface area contributed by atoms with Gasteiger partial charge in [0.1, 0.15) is 10.8 Å². The summed E-state index contributed by atoms with van der Waals surface area (Å²) in [6.07, 6.45) is 5.50. The van der Waals surface area contributed by atoms with E-state index in [1.807, 2.05) is 0 Å². The van der Waals surface area contributed by atoms with Crippen LogP contribution in [0.2, 0.25) is 0 Å². The number of methoxy groups -OCH3 is 1. The van der Waals surface area contributed by atoms with Gasteiger partial charge in [-0.3, -0.25) is 9.78 Å². The smallest absolute Gasteiger partial charge is 0.330 e. The summed E-state index contributed by atoms with van der Waals surface area (Å²) in [7, 11) is 1.26. The highest BCUT2D eigenvalue weighted by atomic mass is 32.1. The predicted molar refractivity (Wildman–Crippen MR) is 108 cm³/mol. The Morgan fingerprint density at radius 1 is 1.20 bits per heavy atom. The first-order chi connectivity index (χ1) is 14.4. The third-order valence-corrected chi connectivity index (χ3v) is 4.61. The number of amides is 1. The fourth-order valence-electron chi connectivity index (χ4n) is 2.35. The summed E-state index contributed by atoms with van der Waals surface area (Å²) in [6.45, 7) is 1.64. The molecule has 0 aliphatic rings. The van der Waals surface area contributed by atoms with Gasteiger partial charge in [0.2, 0.25) is 0 Å². The van der Waals surface area contributed by atoms with Gasteiger partial charge in [-0.15, -0.1) is 0 Å². The van der Waals surface area contributed by atoms with E-state index >= 15 is 0 Å². The van der Waals surface area contributed by atoms with Gasteiger partial charge in [-0.05, 0) is 36.7 Å². The van der Waals surface area contributed by atoms with Crippen LogP contribution < -0.4 is 10.6 Å². The van der Waals surface area contributed by atoms with Crippen molar-refractivity contribution in [2.45, 2.75) is 6.92 Å². The normalized spacial score (nSPS) is 10.8. The molecule has 3 rings (SSSR count). The fraction of sp³-hybridized carbons (Fsp3) is 0.105. The van der Waals surface area contributed by atoms with E-state index in [-0.39, 0.29) is 11.3 Å². The van der Waals surface area contributed by atoms with Crippen molar-refractivity contribution in [3.05, 3.63) is 65.3 Å². The minimum Gasteiger partial charge on any atom is -0.466 e. The van der Waals surface area contributed by atoms with Crippen LogP contribution in [0.25, 0.3) is 6.08 Å². The van der Waals surface area contributed by atoms with Crippen LogP contribution >= 0.6 is 11.5 Å². The van der Waals surface area contributed by atoms with E-state index in [1.165, 1.54) is 37.7 Å². The molecular weight excluding hydrogens is 416 g/mol. The zero-order chi connectivity index (χ0) is 21.7. The number of ether oxygens (including phenoxy) is 1. The molecule has 2 heterocycles. The lowest BCUT2D eigenvalue weighted by Gasteiger charge is -2.08. The molecule has 0 unspecified atom stereocenters. The van der Waals surface area contributed by atoms with E-state index in [0.29, 0.717) is 22.2 Å². The van der Waals surface area contributed by atoms with E-state index in [1.54, 1.807) is 6.92 Å². The fourth-order valence-corrected chi connectivity index (χ4v) is 3.15. The van der Waals surface area contributed by atoms with Gasteiger partial charge in [0.05, 0.1) is 36.5 Å². The number of nitrogens with one attached hydrogen (secondary N) is 2. The second kappa shape index (κ2) is 9.18. The number of anilines is 3. The largest absolute Gasteiger partial charge is 0.466 e. The van der Waals surface area contributed by atoms with Gasteiger partial charge in [0.15, 0.2) is 11.6 Å². The molecule has 0 aliphatic heterocycles. The average Bonchev–Trinajstić information content (AvgIpc) is 3.09. The van der Waals surface area contributed by atoms with Gasteiger partial charge in [-0.2, -0.15) is 4.37 Å². The minimum absolute atomic E-state index is 0.102. The van der Waals surface area contributed by atoms with E-state index in [0.717, 1.165) is 23.7 Å². The topological polar surface area (TPSA) is 106 Å². The minimum atomic E-state index is -1.07. The summed E-state index contributed by atoms with van der Waals surface area (Å²) in [5.41, 5.74) is 1.16. The molecule has 0 atom stereocenters. The first-order valence-corrected chi connectivity index (χ1v) is 9.22. The SMILES string of the molecule is COC(=O)C=Cc1cncc(Nc2snc(C)c2C(=O)Nc2ccc(F)c(F)c2)n1. The van der Waals surface area contributed by atoms with Gasteiger partial charge in [0, 0.05) is 17.8 Å². The van der Waals surface area contributed by atoms with E-state index in [9.17, 15) is 18.4 Å². The molecular formula is C19H15F2N5O3S. The van der Waals surface area contributed by atoms with Crippen molar-refractivity contribution in [3.8, 4) is 0 Å². The summed E-state index contributed by atoms with van der Waals surface area (Å²) < 4.78 is 35.2. The molecule has 0 bridgehead atoms. The predicted octanol–water partition coefficient (Wildman–Crippen LogP) is 3.70. The highest BCUT2D eigenvalue weighted by molar-refractivity contribution is 7.10.